The van der Waals surface area contributed by atoms with Crippen LogP contribution >= 0.6 is 0 Å². The van der Waals surface area contributed by atoms with Crippen LogP contribution in [0.5, 0.6) is 5.75 Å². The molecule has 1 atom stereocenters. The Bertz CT molecular complexity index is 1330. The average Bonchev–Trinajstić information content (AvgIpc) is 3.22. The van der Waals surface area contributed by atoms with Crippen molar-refractivity contribution in [3.63, 3.8) is 0 Å². The summed E-state index contributed by atoms with van der Waals surface area (Å²) in [6, 6.07) is 20.5. The van der Waals surface area contributed by atoms with Crippen molar-refractivity contribution in [2.24, 2.45) is 0 Å². The van der Waals surface area contributed by atoms with Crippen LogP contribution in [0.25, 0.3) is 11.1 Å². The number of nitrogens with one attached hydrogen (secondary N) is 2. The standard InChI is InChI=1S/C27H28N2O7S/c1-35-18-12-14-19(15-13-18)37(33,34)28-16-6-11-25(26(30)31)29-27(32)36-17-24-22-9-4-2-7-20(22)21-8-3-5-10-23(21)24/h2-5,7-10,12-15,24-25,28H,6,11,16-17H2,1H3,(H,29,32)(H,30,31)/t25-/m0/s1. The van der Waals surface area contributed by atoms with Gasteiger partial charge < -0.3 is 19.9 Å². The molecule has 3 aromatic rings. The molecule has 0 unspecified atom stereocenters. The Labute approximate surface area is 215 Å². The Hall–Kier alpha value is -3.89. The van der Waals surface area contributed by atoms with Crippen LogP contribution in [0.4, 0.5) is 4.79 Å². The van der Waals surface area contributed by atoms with Gasteiger partial charge in [-0.25, -0.2) is 22.7 Å². The smallest absolute Gasteiger partial charge is 0.407 e. The van der Waals surface area contributed by atoms with Crippen molar-refractivity contribution in [2.75, 3.05) is 20.3 Å². The molecule has 9 nitrogen and oxygen atoms in total. The molecule has 0 radical (unpaired) electrons. The monoisotopic (exact) mass is 524 g/mol. The number of amides is 1. The van der Waals surface area contributed by atoms with Crippen molar-refractivity contribution in [1.29, 1.82) is 0 Å². The zero-order valence-corrected chi connectivity index (χ0v) is 21.0. The van der Waals surface area contributed by atoms with Gasteiger partial charge in [-0.2, -0.15) is 0 Å². The highest BCUT2D eigenvalue weighted by Gasteiger charge is 2.29. The van der Waals surface area contributed by atoms with Crippen molar-refractivity contribution in [3.8, 4) is 16.9 Å². The molecule has 1 aliphatic rings. The third-order valence-electron chi connectivity index (χ3n) is 6.27. The molecule has 3 aromatic carbocycles. The fourth-order valence-electron chi connectivity index (χ4n) is 4.39. The van der Waals surface area contributed by atoms with Crippen LogP contribution in [0.3, 0.4) is 0 Å². The Kier molecular flexibility index (Phi) is 8.10. The maximum atomic E-state index is 12.4. The molecule has 194 valence electrons. The molecule has 0 fully saturated rings. The van der Waals surface area contributed by atoms with E-state index in [1.54, 1.807) is 0 Å². The van der Waals surface area contributed by atoms with Crippen molar-refractivity contribution < 1.29 is 32.6 Å². The van der Waals surface area contributed by atoms with Gasteiger partial charge in [0.05, 0.1) is 12.0 Å². The molecule has 0 saturated carbocycles. The maximum Gasteiger partial charge on any atom is 0.407 e. The van der Waals surface area contributed by atoms with Crippen molar-refractivity contribution in [2.45, 2.75) is 29.7 Å². The van der Waals surface area contributed by atoms with Gasteiger partial charge in [-0.3, -0.25) is 0 Å². The number of hydrogen-bond donors (Lipinski definition) is 3. The summed E-state index contributed by atoms with van der Waals surface area (Å²) in [6.45, 7) is 0.0678. The van der Waals surface area contributed by atoms with E-state index in [4.69, 9.17) is 9.47 Å². The van der Waals surface area contributed by atoms with Crippen LogP contribution in [-0.2, 0) is 19.6 Å². The van der Waals surface area contributed by atoms with Gasteiger partial charge in [0.25, 0.3) is 0 Å². The number of sulfonamides is 1. The summed E-state index contributed by atoms with van der Waals surface area (Å²) >= 11 is 0. The molecule has 0 aliphatic heterocycles. The normalized spacial score (nSPS) is 13.3. The Morgan fingerprint density at radius 3 is 2.11 bits per heavy atom. The molecule has 37 heavy (non-hydrogen) atoms. The van der Waals surface area contributed by atoms with Crippen LogP contribution < -0.4 is 14.8 Å². The summed E-state index contributed by atoms with van der Waals surface area (Å²) in [5, 5.41) is 11.9. The molecule has 0 aromatic heterocycles. The van der Waals surface area contributed by atoms with Gasteiger partial charge in [0, 0.05) is 12.5 Å². The lowest BCUT2D eigenvalue weighted by atomic mass is 9.98. The van der Waals surface area contributed by atoms with E-state index < -0.39 is 28.1 Å². The van der Waals surface area contributed by atoms with Gasteiger partial charge in [0.2, 0.25) is 10.0 Å². The van der Waals surface area contributed by atoms with Crippen LogP contribution in [-0.4, -0.2) is 51.9 Å². The van der Waals surface area contributed by atoms with Crippen molar-refractivity contribution in [3.05, 3.63) is 83.9 Å². The second kappa shape index (κ2) is 11.4. The van der Waals surface area contributed by atoms with E-state index in [1.165, 1.54) is 31.4 Å². The summed E-state index contributed by atoms with van der Waals surface area (Å²) < 4.78 is 37.7. The maximum absolute atomic E-state index is 12.4. The molecule has 0 saturated heterocycles. The molecule has 10 heteroatoms. The number of carbonyl (C=O) groups is 2. The largest absolute Gasteiger partial charge is 0.497 e. The molecule has 0 heterocycles. The van der Waals surface area contributed by atoms with E-state index in [0.717, 1.165) is 22.3 Å². The highest BCUT2D eigenvalue weighted by molar-refractivity contribution is 7.89. The van der Waals surface area contributed by atoms with Crippen molar-refractivity contribution in [1.82, 2.24) is 10.0 Å². The number of methoxy groups -OCH3 is 1. The molecular formula is C27H28N2O7S. The van der Waals surface area contributed by atoms with Crippen LogP contribution in [0.15, 0.2) is 77.7 Å². The van der Waals surface area contributed by atoms with Gasteiger partial charge >= 0.3 is 12.1 Å². The molecule has 1 amide bonds. The van der Waals surface area contributed by atoms with Crippen LogP contribution in [0.1, 0.15) is 29.9 Å². The third-order valence-corrected chi connectivity index (χ3v) is 7.74. The Morgan fingerprint density at radius 1 is 0.946 bits per heavy atom. The van der Waals surface area contributed by atoms with Crippen LogP contribution in [0.2, 0.25) is 0 Å². The van der Waals surface area contributed by atoms with Gasteiger partial charge in [-0.05, 0) is 59.4 Å². The number of alkyl carbamates (subject to hydrolysis) is 1. The molecule has 0 spiro atoms. The number of ether oxygens (including phenoxy) is 2. The predicted octanol–water partition coefficient (Wildman–Crippen LogP) is 3.75. The van der Waals surface area contributed by atoms with Gasteiger partial charge in [-0.1, -0.05) is 48.5 Å². The van der Waals surface area contributed by atoms with Gasteiger partial charge in [0.15, 0.2) is 0 Å². The minimum atomic E-state index is -3.76. The number of carboxylic acids is 1. The fraction of sp³-hybridized carbons (Fsp3) is 0.259. The van der Waals surface area contributed by atoms with E-state index in [9.17, 15) is 23.1 Å². The predicted molar refractivity (Wildman–Crippen MR) is 137 cm³/mol. The molecule has 1 aliphatic carbocycles. The van der Waals surface area contributed by atoms with Gasteiger partial charge in [0.1, 0.15) is 18.4 Å². The fourth-order valence-corrected chi connectivity index (χ4v) is 5.46. The second-order valence-electron chi connectivity index (χ2n) is 8.58. The molecular weight excluding hydrogens is 496 g/mol. The van der Waals surface area contributed by atoms with Crippen molar-refractivity contribution >= 4 is 22.1 Å². The first kappa shape index (κ1) is 26.2. The number of carboxylic acid groups (broad SMARTS) is 1. The van der Waals surface area contributed by atoms with Gasteiger partial charge in [-0.15, -0.1) is 0 Å². The van der Waals surface area contributed by atoms with E-state index in [2.05, 4.69) is 10.0 Å². The molecule has 4 rings (SSSR count). The number of rotatable bonds is 11. The van der Waals surface area contributed by atoms with E-state index in [0.29, 0.717) is 5.75 Å². The van der Waals surface area contributed by atoms with E-state index in [1.807, 2.05) is 48.5 Å². The highest BCUT2D eigenvalue weighted by atomic mass is 32.2. The van der Waals surface area contributed by atoms with E-state index in [-0.39, 0.29) is 36.8 Å². The summed E-state index contributed by atoms with van der Waals surface area (Å²) in [7, 11) is -2.28. The SMILES string of the molecule is COc1ccc(S(=O)(=O)NCCC[C@H](NC(=O)OCC2c3ccccc3-c3ccccc32)C(=O)O)cc1. The second-order valence-corrected chi connectivity index (χ2v) is 10.3. The van der Waals surface area contributed by atoms with Crippen LogP contribution in [0, 0.1) is 0 Å². The summed E-state index contributed by atoms with van der Waals surface area (Å²) in [5.41, 5.74) is 4.28. The lowest BCUT2D eigenvalue weighted by Gasteiger charge is -2.17. The number of carbonyl (C=O) groups excluding carboxylic acids is 1. The number of aliphatic carboxylic acids is 1. The first-order chi connectivity index (χ1) is 17.8. The summed E-state index contributed by atoms with van der Waals surface area (Å²) in [5.74, 6) is -0.845. The minimum absolute atomic E-state index is 0.00448. The Balaban J connectivity index is 1.28. The summed E-state index contributed by atoms with van der Waals surface area (Å²) in [6.07, 6.45) is -0.631. The zero-order valence-electron chi connectivity index (χ0n) is 20.2. The number of fused-ring (bicyclic) bond motifs is 3. The third kappa shape index (κ3) is 6.10. The highest BCUT2D eigenvalue weighted by Crippen LogP contribution is 2.44. The number of hydrogen-bond acceptors (Lipinski definition) is 6. The zero-order chi connectivity index (χ0) is 26.4. The average molecular weight is 525 g/mol. The first-order valence-electron chi connectivity index (χ1n) is 11.8. The number of benzene rings is 3. The Morgan fingerprint density at radius 2 is 1.54 bits per heavy atom. The van der Waals surface area contributed by atoms with E-state index >= 15 is 0 Å². The lowest BCUT2D eigenvalue weighted by Crippen LogP contribution is -2.42. The first-order valence-corrected chi connectivity index (χ1v) is 13.3. The molecule has 3 N–H and O–H groups in total. The molecule has 0 bridgehead atoms. The lowest BCUT2D eigenvalue weighted by molar-refractivity contribution is -0.139. The summed E-state index contributed by atoms with van der Waals surface area (Å²) in [4.78, 5) is 24.2. The topological polar surface area (TPSA) is 131 Å². The minimum Gasteiger partial charge on any atom is -0.497 e. The quantitative estimate of drug-likeness (QED) is 0.326.